The second-order valence-corrected chi connectivity index (χ2v) is 6.25. The lowest BCUT2D eigenvalue weighted by atomic mass is 9.90. The minimum absolute atomic E-state index is 0.234. The molecule has 1 heterocycles. The van der Waals surface area contributed by atoms with E-state index in [1.807, 2.05) is 62.4 Å². The highest BCUT2D eigenvalue weighted by atomic mass is 16.2. The van der Waals surface area contributed by atoms with E-state index in [0.717, 1.165) is 16.7 Å². The average Bonchev–Trinajstić information content (AvgIpc) is 2.57. The molecule has 1 atom stereocenters. The van der Waals surface area contributed by atoms with E-state index in [4.69, 9.17) is 0 Å². The molecule has 0 unspecified atom stereocenters. The van der Waals surface area contributed by atoms with Crippen LogP contribution in [0.2, 0.25) is 0 Å². The summed E-state index contributed by atoms with van der Waals surface area (Å²) in [5.74, 6) is -0.234. The van der Waals surface area contributed by atoms with Gasteiger partial charge in [0.2, 0.25) is 0 Å². The molecule has 2 aromatic rings. The fraction of sp³-hybridized carbons (Fsp3) is 0.200. The van der Waals surface area contributed by atoms with Gasteiger partial charge in [-0.3, -0.25) is 4.79 Å². The third-order valence-corrected chi connectivity index (χ3v) is 4.29. The molecule has 0 radical (unpaired) electrons. The van der Waals surface area contributed by atoms with E-state index < -0.39 is 6.04 Å². The second kappa shape index (κ2) is 6.81. The first-order valence-corrected chi connectivity index (χ1v) is 8.17. The molecule has 5 nitrogen and oxygen atoms in total. The quantitative estimate of drug-likeness (QED) is 0.802. The average molecular weight is 335 g/mol. The van der Waals surface area contributed by atoms with Crippen LogP contribution < -0.4 is 16.0 Å². The van der Waals surface area contributed by atoms with Gasteiger partial charge in [0.25, 0.3) is 5.91 Å². The molecule has 3 rings (SSSR count). The molecular weight excluding hydrogens is 314 g/mol. The summed E-state index contributed by atoms with van der Waals surface area (Å²) >= 11 is 0. The first kappa shape index (κ1) is 16.8. The van der Waals surface area contributed by atoms with E-state index in [0.29, 0.717) is 17.0 Å². The highest BCUT2D eigenvalue weighted by Gasteiger charge is 2.32. The number of urea groups is 1. The molecule has 128 valence electrons. The number of hydrogen-bond acceptors (Lipinski definition) is 2. The minimum Gasteiger partial charge on any atom is -0.327 e. The number of amides is 3. The molecular formula is C20H21N3O2. The monoisotopic (exact) mass is 335 g/mol. The van der Waals surface area contributed by atoms with Gasteiger partial charge >= 0.3 is 6.03 Å². The van der Waals surface area contributed by atoms with Gasteiger partial charge in [-0.2, -0.15) is 0 Å². The summed E-state index contributed by atoms with van der Waals surface area (Å²) in [6.07, 6.45) is 0. The summed E-state index contributed by atoms with van der Waals surface area (Å²) in [6.45, 7) is 5.72. The summed E-state index contributed by atoms with van der Waals surface area (Å²) < 4.78 is 0. The normalized spacial score (nSPS) is 16.9. The maximum absolute atomic E-state index is 12.9. The van der Waals surface area contributed by atoms with Gasteiger partial charge in [-0.05, 0) is 44.0 Å². The number of aryl methyl sites for hydroxylation is 2. The van der Waals surface area contributed by atoms with Crippen molar-refractivity contribution in [2.24, 2.45) is 0 Å². The number of hydrogen-bond donors (Lipinski definition) is 3. The Bertz CT molecular complexity index is 856. The van der Waals surface area contributed by atoms with Gasteiger partial charge < -0.3 is 16.0 Å². The van der Waals surface area contributed by atoms with E-state index >= 15 is 0 Å². The Balaban J connectivity index is 2.00. The number of nitrogens with one attached hydrogen (secondary N) is 3. The molecule has 0 bridgehead atoms. The summed E-state index contributed by atoms with van der Waals surface area (Å²) in [4.78, 5) is 24.9. The zero-order chi connectivity index (χ0) is 18.0. The van der Waals surface area contributed by atoms with Gasteiger partial charge in [0.05, 0.1) is 11.6 Å². The van der Waals surface area contributed by atoms with Crippen molar-refractivity contribution in [2.45, 2.75) is 26.8 Å². The number of carbonyl (C=O) groups is 2. The standard InChI is InChI=1S/C20H21N3O2/c1-12-9-10-13(2)16(11-12)18-17(14(3)21-20(25)23-18)19(24)22-15-7-5-4-6-8-15/h4-11,18H,1-3H3,(H,22,24)(H2,21,23,25)/t18-/m0/s1. The molecule has 3 N–H and O–H groups in total. The zero-order valence-electron chi connectivity index (χ0n) is 14.5. The van der Waals surface area contributed by atoms with Gasteiger partial charge in [-0.15, -0.1) is 0 Å². The number of para-hydroxylation sites is 1. The highest BCUT2D eigenvalue weighted by Crippen LogP contribution is 2.30. The lowest BCUT2D eigenvalue weighted by Gasteiger charge is -2.29. The fourth-order valence-electron chi connectivity index (χ4n) is 3.02. The van der Waals surface area contributed by atoms with Crippen LogP contribution in [0.3, 0.4) is 0 Å². The predicted molar refractivity (Wildman–Crippen MR) is 98.1 cm³/mol. The van der Waals surface area contributed by atoms with Gasteiger partial charge in [-0.1, -0.05) is 42.0 Å². The summed E-state index contributed by atoms with van der Waals surface area (Å²) in [5.41, 5.74) is 4.81. The van der Waals surface area contributed by atoms with Gasteiger partial charge in [0, 0.05) is 11.4 Å². The van der Waals surface area contributed by atoms with Crippen LogP contribution in [0.5, 0.6) is 0 Å². The minimum atomic E-state index is -0.489. The van der Waals surface area contributed by atoms with Crippen molar-refractivity contribution >= 4 is 17.6 Å². The first-order chi connectivity index (χ1) is 12.0. The maximum Gasteiger partial charge on any atom is 0.319 e. The molecule has 0 aliphatic carbocycles. The van der Waals surface area contributed by atoms with Crippen molar-refractivity contribution in [3.8, 4) is 0 Å². The summed E-state index contributed by atoms with van der Waals surface area (Å²) in [6, 6.07) is 14.5. The molecule has 0 saturated heterocycles. The molecule has 0 aromatic heterocycles. The summed E-state index contributed by atoms with van der Waals surface area (Å²) in [5, 5.41) is 8.48. The number of rotatable bonds is 3. The highest BCUT2D eigenvalue weighted by molar-refractivity contribution is 6.06. The van der Waals surface area contributed by atoms with Gasteiger partial charge in [-0.25, -0.2) is 4.79 Å². The molecule has 1 aliphatic rings. The smallest absolute Gasteiger partial charge is 0.319 e. The Morgan fingerprint density at radius 3 is 2.48 bits per heavy atom. The van der Waals surface area contributed by atoms with Crippen molar-refractivity contribution in [1.82, 2.24) is 10.6 Å². The number of benzene rings is 2. The second-order valence-electron chi connectivity index (χ2n) is 6.25. The summed E-state index contributed by atoms with van der Waals surface area (Å²) in [7, 11) is 0. The molecule has 5 heteroatoms. The van der Waals surface area contributed by atoms with Gasteiger partial charge in [0.15, 0.2) is 0 Å². The van der Waals surface area contributed by atoms with Crippen molar-refractivity contribution < 1.29 is 9.59 Å². The number of carbonyl (C=O) groups excluding carboxylic acids is 2. The van der Waals surface area contributed by atoms with Crippen LogP contribution in [0.1, 0.15) is 29.7 Å². The Morgan fingerprint density at radius 1 is 1.04 bits per heavy atom. The molecule has 1 aliphatic heterocycles. The van der Waals surface area contributed by atoms with Crippen LogP contribution in [-0.4, -0.2) is 11.9 Å². The Labute approximate surface area is 147 Å². The van der Waals surface area contributed by atoms with Crippen LogP contribution in [0.4, 0.5) is 10.5 Å². The molecule has 3 amide bonds. The molecule has 0 fully saturated rings. The lowest BCUT2D eigenvalue weighted by Crippen LogP contribution is -2.46. The topological polar surface area (TPSA) is 70.2 Å². The van der Waals surface area contributed by atoms with E-state index in [1.54, 1.807) is 6.92 Å². The van der Waals surface area contributed by atoms with Crippen molar-refractivity contribution in [3.05, 3.63) is 76.5 Å². The maximum atomic E-state index is 12.9. The van der Waals surface area contributed by atoms with E-state index in [9.17, 15) is 9.59 Å². The van der Waals surface area contributed by atoms with E-state index in [-0.39, 0.29) is 11.9 Å². The number of allylic oxidation sites excluding steroid dienone is 1. The largest absolute Gasteiger partial charge is 0.327 e. The van der Waals surface area contributed by atoms with Crippen molar-refractivity contribution in [1.29, 1.82) is 0 Å². The first-order valence-electron chi connectivity index (χ1n) is 8.17. The third kappa shape index (κ3) is 3.55. The zero-order valence-corrected chi connectivity index (χ0v) is 14.5. The third-order valence-electron chi connectivity index (χ3n) is 4.29. The van der Waals surface area contributed by atoms with Gasteiger partial charge in [0.1, 0.15) is 0 Å². The molecule has 25 heavy (non-hydrogen) atoms. The van der Waals surface area contributed by atoms with Crippen LogP contribution >= 0.6 is 0 Å². The van der Waals surface area contributed by atoms with E-state index in [1.165, 1.54) is 0 Å². The molecule has 2 aromatic carbocycles. The molecule has 0 spiro atoms. The van der Waals surface area contributed by atoms with Crippen LogP contribution in [0.15, 0.2) is 59.8 Å². The van der Waals surface area contributed by atoms with Crippen LogP contribution in [0, 0.1) is 13.8 Å². The lowest BCUT2D eigenvalue weighted by molar-refractivity contribution is -0.113. The number of anilines is 1. The Hall–Kier alpha value is -3.08. The Kier molecular flexibility index (Phi) is 4.57. The fourth-order valence-corrected chi connectivity index (χ4v) is 3.02. The van der Waals surface area contributed by atoms with Crippen molar-refractivity contribution in [3.63, 3.8) is 0 Å². The SMILES string of the molecule is CC1=C(C(=O)Nc2ccccc2)[C@H](c2cc(C)ccc2C)NC(=O)N1. The molecule has 0 saturated carbocycles. The van der Waals surface area contributed by atoms with Crippen molar-refractivity contribution in [2.75, 3.05) is 5.32 Å². The Morgan fingerprint density at radius 2 is 1.76 bits per heavy atom. The van der Waals surface area contributed by atoms with Crippen LogP contribution in [-0.2, 0) is 4.79 Å². The van der Waals surface area contributed by atoms with E-state index in [2.05, 4.69) is 16.0 Å². The predicted octanol–water partition coefficient (Wildman–Crippen LogP) is 3.57. The van der Waals surface area contributed by atoms with Crippen LogP contribution in [0.25, 0.3) is 0 Å².